The average molecular weight is 990 g/mol. The summed E-state index contributed by atoms with van der Waals surface area (Å²) in [6.07, 6.45) is 76.5. The molecule has 0 rings (SSSR count). The molecule has 6 heteroatoms. The van der Waals surface area contributed by atoms with E-state index in [4.69, 9.17) is 20.9 Å². The summed E-state index contributed by atoms with van der Waals surface area (Å²) in [5.74, 6) is 0. The molecule has 0 unspecified atom stereocenters. The van der Waals surface area contributed by atoms with Crippen LogP contribution < -0.4 is 11.5 Å². The predicted octanol–water partition coefficient (Wildman–Crippen LogP) is 22.6. The Morgan fingerprint density at radius 2 is 0.429 bits per heavy atom. The molecule has 0 aromatic rings. The van der Waals surface area contributed by atoms with E-state index in [1.807, 2.05) is 0 Å². The van der Waals surface area contributed by atoms with Crippen LogP contribution >= 0.6 is 0 Å². The lowest BCUT2D eigenvalue weighted by atomic mass is 9.84. The molecule has 0 bridgehead atoms. The lowest BCUT2D eigenvalue weighted by molar-refractivity contribution is -0.00989. The van der Waals surface area contributed by atoms with E-state index in [-0.39, 0.29) is 0 Å². The average Bonchev–Trinajstić information content (AvgIpc) is 3.34. The molecule has 0 aliphatic carbocycles. The van der Waals surface area contributed by atoms with Crippen LogP contribution in [0.15, 0.2) is 0 Å². The molecule has 0 aliphatic heterocycles. The van der Waals surface area contributed by atoms with E-state index in [9.17, 15) is 9.59 Å². The fourth-order valence-corrected chi connectivity index (χ4v) is 11.2. The van der Waals surface area contributed by atoms with Crippen LogP contribution in [0.25, 0.3) is 0 Å². The van der Waals surface area contributed by atoms with Gasteiger partial charge in [0.1, 0.15) is 5.60 Å². The molecule has 0 atom stereocenters. The van der Waals surface area contributed by atoms with Crippen molar-refractivity contribution in [2.24, 2.45) is 11.5 Å². The fraction of sp³-hybridized carbons (Fsp3) is 0.969. The molecule has 0 aromatic heterocycles. The normalized spacial score (nSPS) is 11.7. The Kier molecular flexibility index (Phi) is 57.2. The van der Waals surface area contributed by atoms with Crippen LogP contribution in [-0.2, 0) is 9.47 Å². The number of amides is 2. The second kappa shape index (κ2) is 58.4. The number of rotatable bonds is 61. The standard InChI is InChI=1S/C64H128N2O4/c1-3-5-7-9-11-13-15-17-19-21-23-25-27-29-31-33-35-37-39-41-43-45-47-49-51-54-58-64(70-63(66)68,60-56-53-57-61-69-62(65)67)59-55-52-50-48-46-44-42-40-38-36-34-32-30-28-26-24-22-20-18-16-14-12-10-8-6-4-2/h3-61H2,1-2H3,(H2,65,67)(H2,66,68). The number of unbranched alkanes of at least 4 members (excludes halogenated alkanes) is 52. The molecule has 0 fully saturated rings. The number of nitrogens with two attached hydrogens (primary N) is 2. The largest absolute Gasteiger partial charge is 0.450 e. The van der Waals surface area contributed by atoms with E-state index in [1.54, 1.807) is 0 Å². The molecule has 0 aromatic carbocycles. The van der Waals surface area contributed by atoms with Gasteiger partial charge in [-0.25, -0.2) is 9.59 Å². The van der Waals surface area contributed by atoms with Gasteiger partial charge >= 0.3 is 12.2 Å². The number of carbonyl (C=O) groups excluding carboxylic acids is 2. The van der Waals surface area contributed by atoms with Gasteiger partial charge in [-0.2, -0.15) is 0 Å². The molecule has 0 saturated heterocycles. The Bertz CT molecular complexity index is 965. The molecule has 4 N–H and O–H groups in total. The van der Waals surface area contributed by atoms with E-state index in [0.717, 1.165) is 51.4 Å². The molecule has 0 aliphatic rings. The Hall–Kier alpha value is -1.46. The van der Waals surface area contributed by atoms with Crippen molar-refractivity contribution in [3.05, 3.63) is 0 Å². The van der Waals surface area contributed by atoms with Gasteiger partial charge < -0.3 is 20.9 Å². The van der Waals surface area contributed by atoms with Crippen molar-refractivity contribution in [3.8, 4) is 0 Å². The highest BCUT2D eigenvalue weighted by Gasteiger charge is 2.32. The lowest BCUT2D eigenvalue weighted by Gasteiger charge is -2.33. The van der Waals surface area contributed by atoms with Crippen LogP contribution in [0.5, 0.6) is 0 Å². The maximum Gasteiger partial charge on any atom is 0.405 e. The SMILES string of the molecule is CCCCCCCCCCCCCCCCCCCCCCCCCCCCC(CCCCCCCCCCCCCCCCCCCCCCCCCCCC)(CCCCCOC(N)=O)OC(N)=O. The first-order valence-electron chi connectivity index (χ1n) is 32.4. The van der Waals surface area contributed by atoms with Gasteiger partial charge in [-0.1, -0.05) is 335 Å². The summed E-state index contributed by atoms with van der Waals surface area (Å²) in [6, 6.07) is 0. The minimum absolute atomic E-state index is 0.345. The minimum atomic E-state index is -0.715. The van der Waals surface area contributed by atoms with Crippen molar-refractivity contribution in [1.82, 2.24) is 0 Å². The number of hydrogen-bond acceptors (Lipinski definition) is 4. The van der Waals surface area contributed by atoms with Crippen LogP contribution in [0.3, 0.4) is 0 Å². The van der Waals surface area contributed by atoms with Crippen molar-refractivity contribution in [2.45, 2.75) is 392 Å². The molecule has 6 nitrogen and oxygen atoms in total. The molecule has 0 saturated carbocycles. The van der Waals surface area contributed by atoms with Gasteiger partial charge in [0.25, 0.3) is 0 Å². The van der Waals surface area contributed by atoms with Crippen molar-refractivity contribution >= 4 is 12.2 Å². The van der Waals surface area contributed by atoms with E-state index in [0.29, 0.717) is 6.61 Å². The van der Waals surface area contributed by atoms with Gasteiger partial charge in [-0.3, -0.25) is 0 Å². The van der Waals surface area contributed by atoms with Crippen molar-refractivity contribution in [3.63, 3.8) is 0 Å². The first-order valence-corrected chi connectivity index (χ1v) is 32.4. The van der Waals surface area contributed by atoms with Crippen LogP contribution in [0.4, 0.5) is 9.59 Å². The Labute approximate surface area is 439 Å². The Balaban J connectivity index is 4.00. The summed E-state index contributed by atoms with van der Waals surface area (Å²) in [6.45, 7) is 4.95. The second-order valence-corrected chi connectivity index (χ2v) is 22.8. The maximum atomic E-state index is 12.2. The fourth-order valence-electron chi connectivity index (χ4n) is 11.2. The van der Waals surface area contributed by atoms with E-state index in [1.165, 1.54) is 321 Å². The number of hydrogen-bond donors (Lipinski definition) is 2. The minimum Gasteiger partial charge on any atom is -0.450 e. The van der Waals surface area contributed by atoms with E-state index in [2.05, 4.69) is 13.8 Å². The Morgan fingerprint density at radius 3 is 0.600 bits per heavy atom. The summed E-state index contributed by atoms with van der Waals surface area (Å²) in [5, 5.41) is 0. The van der Waals surface area contributed by atoms with Gasteiger partial charge in [0.05, 0.1) is 6.61 Å². The molecule has 0 spiro atoms. The van der Waals surface area contributed by atoms with E-state index < -0.39 is 17.8 Å². The monoisotopic (exact) mass is 989 g/mol. The Morgan fingerprint density at radius 1 is 0.257 bits per heavy atom. The van der Waals surface area contributed by atoms with Crippen LogP contribution in [0.1, 0.15) is 386 Å². The third-order valence-electron chi connectivity index (χ3n) is 15.8. The first kappa shape index (κ1) is 68.5. The van der Waals surface area contributed by atoms with Gasteiger partial charge in [0, 0.05) is 0 Å². The zero-order chi connectivity index (χ0) is 50.8. The van der Waals surface area contributed by atoms with Gasteiger partial charge in [0.15, 0.2) is 0 Å². The smallest absolute Gasteiger partial charge is 0.405 e. The van der Waals surface area contributed by atoms with Gasteiger partial charge in [0.2, 0.25) is 0 Å². The molecular formula is C64H128N2O4. The van der Waals surface area contributed by atoms with Gasteiger partial charge in [-0.15, -0.1) is 0 Å². The van der Waals surface area contributed by atoms with Crippen LogP contribution in [-0.4, -0.2) is 24.4 Å². The summed E-state index contributed by atoms with van der Waals surface area (Å²) in [5.41, 5.74) is 10.4. The molecule has 0 heterocycles. The zero-order valence-electron chi connectivity index (χ0n) is 48.0. The third-order valence-corrected chi connectivity index (χ3v) is 15.8. The van der Waals surface area contributed by atoms with Crippen LogP contribution in [0.2, 0.25) is 0 Å². The summed E-state index contributed by atoms with van der Waals surface area (Å²) >= 11 is 0. The summed E-state index contributed by atoms with van der Waals surface area (Å²) in [4.78, 5) is 23.3. The molecule has 418 valence electrons. The molecule has 0 radical (unpaired) electrons. The maximum absolute atomic E-state index is 12.2. The first-order chi connectivity index (χ1) is 34.5. The second-order valence-electron chi connectivity index (χ2n) is 22.8. The summed E-state index contributed by atoms with van der Waals surface area (Å²) in [7, 11) is 0. The van der Waals surface area contributed by atoms with Crippen molar-refractivity contribution < 1.29 is 19.1 Å². The highest BCUT2D eigenvalue weighted by Crippen LogP contribution is 2.33. The number of ether oxygens (including phenoxy) is 2. The lowest BCUT2D eigenvalue weighted by Crippen LogP contribution is -2.37. The third kappa shape index (κ3) is 55.8. The topological polar surface area (TPSA) is 105 Å². The van der Waals surface area contributed by atoms with E-state index >= 15 is 0 Å². The molecule has 70 heavy (non-hydrogen) atoms. The van der Waals surface area contributed by atoms with Gasteiger partial charge in [-0.05, 0) is 51.4 Å². The molecular weight excluding hydrogens is 861 g/mol. The quantitative estimate of drug-likeness (QED) is 0.0592. The number of carbonyl (C=O) groups is 2. The summed E-state index contributed by atoms with van der Waals surface area (Å²) < 4.78 is 11.0. The molecule has 2 amide bonds. The highest BCUT2D eigenvalue weighted by atomic mass is 16.6. The highest BCUT2D eigenvalue weighted by molar-refractivity contribution is 5.65. The van der Waals surface area contributed by atoms with Crippen molar-refractivity contribution in [1.29, 1.82) is 0 Å². The van der Waals surface area contributed by atoms with Crippen LogP contribution in [0, 0.1) is 0 Å². The van der Waals surface area contributed by atoms with Crippen molar-refractivity contribution in [2.75, 3.05) is 6.61 Å². The number of primary amides is 2. The predicted molar refractivity (Wildman–Crippen MR) is 308 cm³/mol. The zero-order valence-corrected chi connectivity index (χ0v) is 48.0.